The highest BCUT2D eigenvalue weighted by atomic mass is 15.2. The third-order valence-corrected chi connectivity index (χ3v) is 1.64. The van der Waals surface area contributed by atoms with Crippen molar-refractivity contribution in [2.45, 2.75) is 13.8 Å². The lowest BCUT2D eigenvalue weighted by atomic mass is 10.6. The first-order chi connectivity index (χ1) is 6.24. The van der Waals surface area contributed by atoms with Gasteiger partial charge in [-0.15, -0.1) is 0 Å². The van der Waals surface area contributed by atoms with Gasteiger partial charge in [-0.3, -0.25) is 5.32 Å². The highest BCUT2D eigenvalue weighted by Crippen LogP contribution is 2.08. The summed E-state index contributed by atoms with van der Waals surface area (Å²) in [5.74, 6) is 1.40. The summed E-state index contributed by atoms with van der Waals surface area (Å²) in [7, 11) is 0. The summed E-state index contributed by atoms with van der Waals surface area (Å²) >= 11 is 0. The Balaban J connectivity index is 2.14. The molecular weight excluding hydrogens is 166 g/mol. The summed E-state index contributed by atoms with van der Waals surface area (Å²) in [6.45, 7) is 3.90. The van der Waals surface area contributed by atoms with Crippen molar-refractivity contribution in [3.05, 3.63) is 23.8 Å². The van der Waals surface area contributed by atoms with Gasteiger partial charge in [0, 0.05) is 23.8 Å². The Kier molecular flexibility index (Phi) is 1.77. The minimum atomic E-state index is 0.701. The molecule has 0 aliphatic heterocycles. The molecule has 0 unspecified atom stereocenters. The predicted octanol–water partition coefficient (Wildman–Crippen LogP) is 1.49. The summed E-state index contributed by atoms with van der Waals surface area (Å²) in [6.07, 6.45) is 3.52. The Labute approximate surface area is 75.6 Å². The van der Waals surface area contributed by atoms with Crippen molar-refractivity contribution in [2.24, 2.45) is 0 Å². The molecule has 0 saturated carbocycles. The van der Waals surface area contributed by atoms with Crippen molar-refractivity contribution in [3.63, 3.8) is 0 Å². The number of aromatic nitrogens is 4. The second-order valence-corrected chi connectivity index (χ2v) is 2.95. The molecule has 0 amide bonds. The van der Waals surface area contributed by atoms with Gasteiger partial charge in [-0.25, -0.2) is 9.97 Å². The Morgan fingerprint density at radius 3 is 1.77 bits per heavy atom. The van der Waals surface area contributed by atoms with Gasteiger partial charge in [0.2, 0.25) is 11.9 Å². The van der Waals surface area contributed by atoms with Crippen molar-refractivity contribution in [2.75, 3.05) is 5.32 Å². The first-order valence-corrected chi connectivity index (χ1v) is 4.04. The molecule has 0 radical (unpaired) electrons. The molecule has 2 heterocycles. The van der Waals surface area contributed by atoms with Crippen LogP contribution in [-0.4, -0.2) is 19.9 Å². The Hall–Kier alpha value is -1.78. The number of nitrogens with one attached hydrogen (secondary N) is 3. The second-order valence-electron chi connectivity index (χ2n) is 2.95. The predicted molar refractivity (Wildman–Crippen MR) is 49.9 cm³/mol. The van der Waals surface area contributed by atoms with E-state index in [-0.39, 0.29) is 0 Å². The van der Waals surface area contributed by atoms with E-state index in [2.05, 4.69) is 25.3 Å². The van der Waals surface area contributed by atoms with E-state index in [1.807, 2.05) is 13.8 Å². The van der Waals surface area contributed by atoms with E-state index in [0.29, 0.717) is 11.9 Å². The first-order valence-electron chi connectivity index (χ1n) is 4.04. The Morgan fingerprint density at radius 2 is 1.46 bits per heavy atom. The lowest BCUT2D eigenvalue weighted by molar-refractivity contribution is 1.18. The minimum absolute atomic E-state index is 0.701. The van der Waals surface area contributed by atoms with Gasteiger partial charge in [-0.1, -0.05) is 0 Å². The number of rotatable bonds is 2. The summed E-state index contributed by atoms with van der Waals surface area (Å²) < 4.78 is 0. The van der Waals surface area contributed by atoms with E-state index in [4.69, 9.17) is 0 Å². The maximum absolute atomic E-state index is 4.09. The van der Waals surface area contributed by atoms with Crippen LogP contribution in [0.5, 0.6) is 0 Å². The van der Waals surface area contributed by atoms with Crippen molar-refractivity contribution in [1.29, 1.82) is 0 Å². The second kappa shape index (κ2) is 2.93. The zero-order valence-electron chi connectivity index (χ0n) is 7.55. The van der Waals surface area contributed by atoms with Gasteiger partial charge in [0.05, 0.1) is 0 Å². The highest BCUT2D eigenvalue weighted by Gasteiger charge is 1.99. The fourth-order valence-electron chi connectivity index (χ4n) is 1.06. The molecule has 0 spiro atoms. The van der Waals surface area contributed by atoms with Gasteiger partial charge in [-0.05, 0) is 13.8 Å². The fraction of sp³-hybridized carbons (Fsp3) is 0.250. The molecule has 0 bridgehead atoms. The minimum Gasteiger partial charge on any atom is -0.328 e. The average molecular weight is 177 g/mol. The number of hydrogen-bond donors (Lipinski definition) is 3. The summed E-state index contributed by atoms with van der Waals surface area (Å²) in [4.78, 5) is 14.3. The van der Waals surface area contributed by atoms with Gasteiger partial charge >= 0.3 is 0 Å². The van der Waals surface area contributed by atoms with Crippen LogP contribution in [0.3, 0.4) is 0 Å². The van der Waals surface area contributed by atoms with Crippen molar-refractivity contribution < 1.29 is 0 Å². The molecule has 2 aromatic rings. The molecule has 5 heteroatoms. The van der Waals surface area contributed by atoms with E-state index in [1.165, 1.54) is 0 Å². The Morgan fingerprint density at radius 1 is 1.00 bits per heavy atom. The lowest BCUT2D eigenvalue weighted by Crippen LogP contribution is -1.94. The monoisotopic (exact) mass is 177 g/mol. The maximum atomic E-state index is 4.09. The molecule has 0 saturated heterocycles. The van der Waals surface area contributed by atoms with Crippen LogP contribution in [-0.2, 0) is 0 Å². The standard InChI is InChI=1S/C8H11N5/c1-5-3-9-7(11-5)13-8-10-4-6(2)12-8/h3-4H,1-2H3,(H3,9,10,11,12,13). The van der Waals surface area contributed by atoms with E-state index in [1.54, 1.807) is 12.4 Å². The normalized spacial score (nSPS) is 10.3. The molecular formula is C8H11N5. The molecule has 2 aromatic heterocycles. The molecule has 3 N–H and O–H groups in total. The number of nitrogens with zero attached hydrogens (tertiary/aromatic N) is 2. The van der Waals surface area contributed by atoms with Crippen LogP contribution >= 0.6 is 0 Å². The zero-order chi connectivity index (χ0) is 9.26. The van der Waals surface area contributed by atoms with Crippen LogP contribution in [0.15, 0.2) is 12.4 Å². The smallest absolute Gasteiger partial charge is 0.207 e. The molecule has 2 rings (SSSR count). The largest absolute Gasteiger partial charge is 0.328 e. The fourth-order valence-corrected chi connectivity index (χ4v) is 1.06. The SMILES string of the molecule is Cc1cnc(Nc2ncc(C)[nH]2)[nH]1. The molecule has 0 aromatic carbocycles. The van der Waals surface area contributed by atoms with E-state index in [9.17, 15) is 0 Å². The molecule has 0 aliphatic carbocycles. The number of hydrogen-bond acceptors (Lipinski definition) is 3. The molecule has 0 fully saturated rings. The van der Waals surface area contributed by atoms with Crippen molar-refractivity contribution in [1.82, 2.24) is 19.9 Å². The molecule has 0 atom stereocenters. The lowest BCUT2D eigenvalue weighted by Gasteiger charge is -1.95. The Bertz CT molecular complexity index is 362. The molecule has 68 valence electrons. The number of anilines is 2. The van der Waals surface area contributed by atoms with Gasteiger partial charge in [0.1, 0.15) is 0 Å². The quantitative estimate of drug-likeness (QED) is 0.651. The number of aryl methyl sites for hydroxylation is 2. The van der Waals surface area contributed by atoms with Crippen LogP contribution in [0.1, 0.15) is 11.4 Å². The van der Waals surface area contributed by atoms with Crippen molar-refractivity contribution >= 4 is 11.9 Å². The summed E-state index contributed by atoms with van der Waals surface area (Å²) in [5, 5.41) is 3.01. The highest BCUT2D eigenvalue weighted by molar-refractivity contribution is 5.42. The number of imidazole rings is 2. The van der Waals surface area contributed by atoms with Gasteiger partial charge in [-0.2, -0.15) is 0 Å². The third-order valence-electron chi connectivity index (χ3n) is 1.64. The topological polar surface area (TPSA) is 69.4 Å². The zero-order valence-corrected chi connectivity index (χ0v) is 7.55. The van der Waals surface area contributed by atoms with Crippen LogP contribution < -0.4 is 5.32 Å². The van der Waals surface area contributed by atoms with E-state index in [0.717, 1.165) is 11.4 Å². The van der Waals surface area contributed by atoms with E-state index < -0.39 is 0 Å². The maximum Gasteiger partial charge on any atom is 0.207 e. The molecule has 13 heavy (non-hydrogen) atoms. The van der Waals surface area contributed by atoms with Gasteiger partial charge in [0.25, 0.3) is 0 Å². The van der Waals surface area contributed by atoms with Gasteiger partial charge < -0.3 is 9.97 Å². The van der Waals surface area contributed by atoms with Crippen molar-refractivity contribution in [3.8, 4) is 0 Å². The van der Waals surface area contributed by atoms with Gasteiger partial charge in [0.15, 0.2) is 0 Å². The molecule has 0 aliphatic rings. The third kappa shape index (κ3) is 1.69. The first kappa shape index (κ1) is 7.85. The number of H-pyrrole nitrogens is 2. The summed E-state index contributed by atoms with van der Waals surface area (Å²) in [6, 6.07) is 0. The average Bonchev–Trinajstić information content (AvgIpc) is 2.62. The van der Waals surface area contributed by atoms with Crippen LogP contribution in [0.2, 0.25) is 0 Å². The van der Waals surface area contributed by atoms with E-state index >= 15 is 0 Å². The summed E-state index contributed by atoms with van der Waals surface area (Å²) in [5.41, 5.74) is 2.04. The number of aromatic amines is 2. The molecule has 5 nitrogen and oxygen atoms in total. The van der Waals surface area contributed by atoms with Crippen LogP contribution in [0, 0.1) is 13.8 Å². The van der Waals surface area contributed by atoms with Crippen LogP contribution in [0.4, 0.5) is 11.9 Å². The van der Waals surface area contributed by atoms with Crippen LogP contribution in [0.25, 0.3) is 0 Å².